The molecule has 0 fully saturated rings. The summed E-state index contributed by atoms with van der Waals surface area (Å²) in [5, 5.41) is 13.1. The van der Waals surface area contributed by atoms with E-state index in [1.807, 2.05) is 31.2 Å². The molecule has 0 atom stereocenters. The number of halogens is 3. The number of anilines is 2. The third-order valence-electron chi connectivity index (χ3n) is 5.22. The summed E-state index contributed by atoms with van der Waals surface area (Å²) < 4.78 is 44.5. The van der Waals surface area contributed by atoms with E-state index in [2.05, 4.69) is 20.8 Å². The maximum atomic E-state index is 13.0. The molecule has 4 aromatic rings. The Hall–Kier alpha value is -4.47. The van der Waals surface area contributed by atoms with Crippen molar-refractivity contribution in [2.75, 3.05) is 10.6 Å². The van der Waals surface area contributed by atoms with Gasteiger partial charge in [-0.3, -0.25) is 9.59 Å². The number of nitrogens with zero attached hydrogens (tertiary/aromatic N) is 2. The molecule has 7 nitrogen and oxygen atoms in total. The Balaban J connectivity index is 1.38. The Morgan fingerprint density at radius 3 is 2.42 bits per heavy atom. The van der Waals surface area contributed by atoms with E-state index in [0.717, 1.165) is 23.3 Å². The normalized spacial score (nSPS) is 11.2. The standard InChI is InChI=1S/C26H21F3N4O3/c1-16-9-11-17(12-10-16)25-33-32-23(36-25)14-13-22(34)31-21-8-3-2-7-20(21)24(35)30-19-6-4-5-18(15-19)26(27,28)29/h2-12,15H,13-14H2,1H3,(H,30,35)(H,31,34). The van der Waals surface area contributed by atoms with Crippen LogP contribution in [0.15, 0.2) is 77.2 Å². The molecule has 0 saturated carbocycles. The van der Waals surface area contributed by atoms with E-state index in [1.165, 1.54) is 24.3 Å². The van der Waals surface area contributed by atoms with Gasteiger partial charge in [0.05, 0.1) is 16.8 Å². The van der Waals surface area contributed by atoms with Crippen molar-refractivity contribution in [2.24, 2.45) is 0 Å². The fourth-order valence-electron chi connectivity index (χ4n) is 3.36. The maximum absolute atomic E-state index is 13.0. The Kier molecular flexibility index (Phi) is 7.14. The average molecular weight is 494 g/mol. The molecule has 10 heteroatoms. The number of benzene rings is 3. The molecule has 1 aromatic heterocycles. The average Bonchev–Trinajstić information content (AvgIpc) is 3.32. The minimum Gasteiger partial charge on any atom is -0.421 e. The smallest absolute Gasteiger partial charge is 0.416 e. The van der Waals surface area contributed by atoms with Gasteiger partial charge in [-0.1, -0.05) is 35.9 Å². The van der Waals surface area contributed by atoms with Gasteiger partial charge in [0.15, 0.2) is 0 Å². The van der Waals surface area contributed by atoms with Gasteiger partial charge in [-0.05, 0) is 49.4 Å². The topological polar surface area (TPSA) is 97.1 Å². The molecule has 0 bridgehead atoms. The molecule has 0 unspecified atom stereocenters. The highest BCUT2D eigenvalue weighted by Crippen LogP contribution is 2.31. The number of nitrogens with one attached hydrogen (secondary N) is 2. The second-order valence-electron chi connectivity index (χ2n) is 7.99. The van der Waals surface area contributed by atoms with Crippen molar-refractivity contribution < 1.29 is 27.2 Å². The van der Waals surface area contributed by atoms with E-state index < -0.39 is 23.6 Å². The van der Waals surface area contributed by atoms with E-state index in [0.29, 0.717) is 5.89 Å². The predicted octanol–water partition coefficient (Wildman–Crippen LogP) is 5.89. The third-order valence-corrected chi connectivity index (χ3v) is 5.22. The van der Waals surface area contributed by atoms with Crippen LogP contribution in [0.5, 0.6) is 0 Å². The minimum atomic E-state index is -4.54. The zero-order valence-corrected chi connectivity index (χ0v) is 19.1. The first-order valence-electron chi connectivity index (χ1n) is 11.0. The number of aromatic nitrogens is 2. The number of hydrogen-bond donors (Lipinski definition) is 2. The molecule has 0 aliphatic carbocycles. The van der Waals surface area contributed by atoms with Crippen LogP contribution >= 0.6 is 0 Å². The van der Waals surface area contributed by atoms with E-state index in [4.69, 9.17) is 4.42 Å². The lowest BCUT2D eigenvalue weighted by atomic mass is 10.1. The first-order valence-corrected chi connectivity index (χ1v) is 11.0. The highest BCUT2D eigenvalue weighted by Gasteiger charge is 2.30. The largest absolute Gasteiger partial charge is 0.421 e. The Morgan fingerprint density at radius 1 is 0.917 bits per heavy atom. The van der Waals surface area contributed by atoms with Crippen LogP contribution in [0.2, 0.25) is 0 Å². The zero-order valence-electron chi connectivity index (χ0n) is 19.1. The highest BCUT2D eigenvalue weighted by atomic mass is 19.4. The van der Waals surface area contributed by atoms with Crippen molar-refractivity contribution in [3.63, 3.8) is 0 Å². The van der Waals surface area contributed by atoms with Gasteiger partial charge in [-0.15, -0.1) is 10.2 Å². The number of carbonyl (C=O) groups excluding carboxylic acids is 2. The van der Waals surface area contributed by atoms with E-state index in [1.54, 1.807) is 12.1 Å². The molecular weight excluding hydrogens is 473 g/mol. The van der Waals surface area contributed by atoms with Gasteiger partial charge in [0.25, 0.3) is 5.91 Å². The fraction of sp³-hybridized carbons (Fsp3) is 0.154. The molecule has 0 aliphatic heterocycles. The molecule has 0 spiro atoms. The summed E-state index contributed by atoms with van der Waals surface area (Å²) in [5.41, 5.74) is 1.29. The van der Waals surface area contributed by atoms with E-state index in [-0.39, 0.29) is 35.7 Å². The van der Waals surface area contributed by atoms with E-state index >= 15 is 0 Å². The summed E-state index contributed by atoms with van der Waals surface area (Å²) in [6.07, 6.45) is -4.34. The Morgan fingerprint density at radius 2 is 1.67 bits per heavy atom. The number of amides is 2. The SMILES string of the molecule is Cc1ccc(-c2nnc(CCC(=O)Nc3ccccc3C(=O)Nc3cccc(C(F)(F)F)c3)o2)cc1. The van der Waals surface area contributed by atoms with Gasteiger partial charge in [-0.2, -0.15) is 13.2 Å². The molecule has 36 heavy (non-hydrogen) atoms. The van der Waals surface area contributed by atoms with Crippen molar-refractivity contribution in [1.82, 2.24) is 10.2 Å². The van der Waals surface area contributed by atoms with Gasteiger partial charge >= 0.3 is 6.18 Å². The Bertz CT molecular complexity index is 1380. The van der Waals surface area contributed by atoms with Gasteiger partial charge in [0.2, 0.25) is 17.7 Å². The lowest BCUT2D eigenvalue weighted by Gasteiger charge is -2.12. The van der Waals surface area contributed by atoms with Crippen LogP contribution in [-0.2, 0) is 17.4 Å². The molecule has 1 heterocycles. The summed E-state index contributed by atoms with van der Waals surface area (Å²) in [6, 6.07) is 18.1. The highest BCUT2D eigenvalue weighted by molar-refractivity contribution is 6.10. The third kappa shape index (κ3) is 6.15. The first kappa shape index (κ1) is 24.6. The molecule has 3 aromatic carbocycles. The molecule has 2 N–H and O–H groups in total. The minimum absolute atomic E-state index is 0.0130. The predicted molar refractivity (Wildman–Crippen MR) is 127 cm³/mol. The van der Waals surface area contributed by atoms with Gasteiger partial charge in [0, 0.05) is 24.1 Å². The second kappa shape index (κ2) is 10.4. The maximum Gasteiger partial charge on any atom is 0.416 e. The van der Waals surface area contributed by atoms with Crippen LogP contribution in [0.3, 0.4) is 0 Å². The van der Waals surface area contributed by atoms with Gasteiger partial charge in [-0.25, -0.2) is 0 Å². The van der Waals surface area contributed by atoms with Crippen molar-refractivity contribution in [1.29, 1.82) is 0 Å². The summed E-state index contributed by atoms with van der Waals surface area (Å²) in [5.74, 6) is -0.424. The van der Waals surface area contributed by atoms with Gasteiger partial charge in [0.1, 0.15) is 0 Å². The van der Waals surface area contributed by atoms with Crippen LogP contribution in [0.1, 0.15) is 33.8 Å². The van der Waals surface area contributed by atoms with Crippen LogP contribution in [0.4, 0.5) is 24.5 Å². The summed E-state index contributed by atoms with van der Waals surface area (Å²) in [7, 11) is 0. The molecular formula is C26H21F3N4O3. The number of hydrogen-bond acceptors (Lipinski definition) is 5. The van der Waals surface area contributed by atoms with Crippen LogP contribution in [-0.4, -0.2) is 22.0 Å². The number of rotatable bonds is 7. The molecule has 2 amide bonds. The molecule has 0 radical (unpaired) electrons. The van der Waals surface area contributed by atoms with Crippen molar-refractivity contribution in [3.8, 4) is 11.5 Å². The lowest BCUT2D eigenvalue weighted by Crippen LogP contribution is -2.18. The lowest BCUT2D eigenvalue weighted by molar-refractivity contribution is -0.137. The Labute approximate surface area is 204 Å². The monoisotopic (exact) mass is 494 g/mol. The van der Waals surface area contributed by atoms with Crippen LogP contribution in [0, 0.1) is 6.92 Å². The van der Waals surface area contributed by atoms with Gasteiger partial charge < -0.3 is 15.1 Å². The number of carbonyl (C=O) groups is 2. The quantitative estimate of drug-likeness (QED) is 0.334. The van der Waals surface area contributed by atoms with Crippen molar-refractivity contribution in [2.45, 2.75) is 25.9 Å². The van der Waals surface area contributed by atoms with Crippen LogP contribution in [0.25, 0.3) is 11.5 Å². The number of aryl methyl sites for hydroxylation is 2. The fourth-order valence-corrected chi connectivity index (χ4v) is 3.36. The molecule has 4 rings (SSSR count). The van der Waals surface area contributed by atoms with Crippen LogP contribution < -0.4 is 10.6 Å². The van der Waals surface area contributed by atoms with Crippen molar-refractivity contribution >= 4 is 23.2 Å². The van der Waals surface area contributed by atoms with E-state index in [9.17, 15) is 22.8 Å². The van der Waals surface area contributed by atoms with Crippen molar-refractivity contribution in [3.05, 3.63) is 95.4 Å². The molecule has 0 aliphatic rings. The summed E-state index contributed by atoms with van der Waals surface area (Å²) in [6.45, 7) is 1.97. The molecule has 184 valence electrons. The first-order chi connectivity index (χ1) is 17.2. The molecule has 0 saturated heterocycles. The number of para-hydroxylation sites is 1. The summed E-state index contributed by atoms with van der Waals surface area (Å²) in [4.78, 5) is 25.3. The second-order valence-corrected chi connectivity index (χ2v) is 7.99. The summed E-state index contributed by atoms with van der Waals surface area (Å²) >= 11 is 0. The zero-order chi connectivity index (χ0) is 25.7. The number of alkyl halides is 3.